The highest BCUT2D eigenvalue weighted by Crippen LogP contribution is 2.21. The number of carbonyl (C=O) groups is 1. The van der Waals surface area contributed by atoms with Crippen LogP contribution in [0.1, 0.15) is 53.4 Å². The topological polar surface area (TPSA) is 68.5 Å². The number of hydrogen-bond donors (Lipinski definition) is 2. The van der Waals surface area contributed by atoms with Crippen LogP contribution >= 0.6 is 0 Å². The summed E-state index contributed by atoms with van der Waals surface area (Å²) in [4.78, 5) is 11.9. The molecule has 1 heterocycles. The Morgan fingerprint density at radius 3 is 2.61 bits per heavy atom. The summed E-state index contributed by atoms with van der Waals surface area (Å²) in [5, 5.41) is 13.1. The number of ether oxygens (including phenoxy) is 1. The lowest BCUT2D eigenvalue weighted by molar-refractivity contribution is -0.154. The molecule has 4 heteroatoms. The zero-order valence-electron chi connectivity index (χ0n) is 12.0. The number of carbonyl (C=O) groups excluding carboxylic acids is 1. The summed E-state index contributed by atoms with van der Waals surface area (Å²) in [6, 6.07) is 0.313. The molecule has 1 rings (SSSR count). The van der Waals surface area contributed by atoms with E-state index in [0.29, 0.717) is 18.9 Å². The van der Waals surface area contributed by atoms with Crippen LogP contribution in [0.25, 0.3) is 0 Å². The van der Waals surface area contributed by atoms with Crippen molar-refractivity contribution >= 4 is 5.97 Å². The molecule has 4 nitrogen and oxygen atoms in total. The monoisotopic (exact) mass is 257 g/mol. The first kappa shape index (κ1) is 15.4. The minimum Gasteiger partial charge on any atom is -0.462 e. The van der Waals surface area contributed by atoms with Gasteiger partial charge in [0.25, 0.3) is 0 Å². The van der Waals surface area contributed by atoms with Crippen LogP contribution in [0.5, 0.6) is 0 Å². The van der Waals surface area contributed by atoms with Crippen LogP contribution in [0.2, 0.25) is 0 Å². The van der Waals surface area contributed by atoms with Crippen molar-refractivity contribution in [2.24, 2.45) is 5.92 Å². The largest absolute Gasteiger partial charge is 0.462 e. The fraction of sp³-hybridized carbons (Fsp3) is 0.929. The van der Waals surface area contributed by atoms with E-state index in [0.717, 1.165) is 19.4 Å². The number of esters is 1. The standard InChI is InChI=1S/C14H27NO3/c1-5-11(12-9-15-12)13(16)18-10(3)7-8-14(4,17)6-2/h10-12,15,17H,5-9H2,1-4H3. The molecule has 0 bridgehead atoms. The van der Waals surface area contributed by atoms with Crippen molar-refractivity contribution in [2.45, 2.75) is 71.1 Å². The van der Waals surface area contributed by atoms with Crippen molar-refractivity contribution in [3.63, 3.8) is 0 Å². The van der Waals surface area contributed by atoms with Gasteiger partial charge < -0.3 is 15.2 Å². The van der Waals surface area contributed by atoms with Gasteiger partial charge in [0.2, 0.25) is 0 Å². The van der Waals surface area contributed by atoms with Crippen LogP contribution in [0.3, 0.4) is 0 Å². The molecule has 0 saturated carbocycles. The first-order valence-electron chi connectivity index (χ1n) is 7.06. The average Bonchev–Trinajstić information content (AvgIpc) is 3.12. The quantitative estimate of drug-likeness (QED) is 0.514. The molecule has 0 aliphatic carbocycles. The molecule has 0 aromatic heterocycles. The molecule has 0 radical (unpaired) electrons. The summed E-state index contributed by atoms with van der Waals surface area (Å²) >= 11 is 0. The van der Waals surface area contributed by atoms with E-state index < -0.39 is 5.60 Å². The third-order valence-corrected chi connectivity index (χ3v) is 3.84. The molecule has 18 heavy (non-hydrogen) atoms. The molecule has 1 aliphatic heterocycles. The smallest absolute Gasteiger partial charge is 0.310 e. The van der Waals surface area contributed by atoms with Crippen molar-refractivity contribution in [1.29, 1.82) is 0 Å². The molecule has 0 aromatic carbocycles. The Labute approximate surface area is 110 Å². The van der Waals surface area contributed by atoms with Gasteiger partial charge in [-0.25, -0.2) is 0 Å². The van der Waals surface area contributed by atoms with Gasteiger partial charge in [-0.3, -0.25) is 4.79 Å². The molecule has 0 spiro atoms. The first-order chi connectivity index (χ1) is 8.39. The van der Waals surface area contributed by atoms with E-state index in [1.165, 1.54) is 0 Å². The van der Waals surface area contributed by atoms with Crippen molar-refractivity contribution < 1.29 is 14.6 Å². The maximum Gasteiger partial charge on any atom is 0.310 e. The van der Waals surface area contributed by atoms with E-state index in [-0.39, 0.29) is 18.0 Å². The summed E-state index contributed by atoms with van der Waals surface area (Å²) in [7, 11) is 0. The van der Waals surface area contributed by atoms with Crippen LogP contribution < -0.4 is 5.32 Å². The minimum absolute atomic E-state index is 0.0147. The average molecular weight is 257 g/mol. The molecule has 1 aliphatic rings. The van der Waals surface area contributed by atoms with Gasteiger partial charge >= 0.3 is 5.97 Å². The summed E-state index contributed by atoms with van der Waals surface area (Å²) < 4.78 is 5.45. The first-order valence-corrected chi connectivity index (χ1v) is 7.06. The van der Waals surface area contributed by atoms with E-state index in [2.05, 4.69) is 5.32 Å². The Hall–Kier alpha value is -0.610. The Morgan fingerprint density at radius 1 is 1.56 bits per heavy atom. The Morgan fingerprint density at radius 2 is 2.17 bits per heavy atom. The van der Waals surface area contributed by atoms with Gasteiger partial charge in [-0.1, -0.05) is 13.8 Å². The minimum atomic E-state index is -0.650. The molecule has 0 amide bonds. The normalized spacial score (nSPS) is 25.1. The van der Waals surface area contributed by atoms with Crippen LogP contribution in [0, 0.1) is 5.92 Å². The molecule has 1 saturated heterocycles. The summed E-state index contributed by atoms with van der Waals surface area (Å²) in [6.07, 6.45) is 2.79. The highest BCUT2D eigenvalue weighted by molar-refractivity contribution is 5.74. The highest BCUT2D eigenvalue weighted by Gasteiger charge is 2.36. The summed E-state index contributed by atoms with van der Waals surface area (Å²) in [5.41, 5.74) is -0.650. The van der Waals surface area contributed by atoms with Gasteiger partial charge in [-0.2, -0.15) is 0 Å². The molecule has 2 N–H and O–H groups in total. The van der Waals surface area contributed by atoms with Gasteiger partial charge in [0.15, 0.2) is 0 Å². The predicted molar refractivity (Wildman–Crippen MR) is 71.3 cm³/mol. The maximum atomic E-state index is 11.9. The molecule has 106 valence electrons. The highest BCUT2D eigenvalue weighted by atomic mass is 16.5. The third kappa shape index (κ3) is 4.94. The van der Waals surface area contributed by atoms with E-state index >= 15 is 0 Å². The summed E-state index contributed by atoms with van der Waals surface area (Å²) in [6.45, 7) is 8.62. The predicted octanol–water partition coefficient (Wildman–Crippen LogP) is 1.86. The fourth-order valence-corrected chi connectivity index (χ4v) is 2.00. The van der Waals surface area contributed by atoms with Crippen molar-refractivity contribution in [2.75, 3.05) is 6.54 Å². The Kier molecular flexibility index (Phi) is 5.60. The van der Waals surface area contributed by atoms with Crippen LogP contribution in [0.15, 0.2) is 0 Å². The van der Waals surface area contributed by atoms with Crippen LogP contribution in [-0.2, 0) is 9.53 Å². The lowest BCUT2D eigenvalue weighted by Gasteiger charge is -2.24. The SMILES string of the molecule is CCC(C(=O)OC(C)CCC(C)(O)CC)C1CN1. The van der Waals surface area contributed by atoms with E-state index in [1.54, 1.807) is 0 Å². The third-order valence-electron chi connectivity index (χ3n) is 3.84. The van der Waals surface area contributed by atoms with E-state index in [9.17, 15) is 9.90 Å². The lowest BCUT2D eigenvalue weighted by Crippen LogP contribution is -2.29. The van der Waals surface area contributed by atoms with Crippen molar-refractivity contribution in [3.05, 3.63) is 0 Å². The van der Waals surface area contributed by atoms with Gasteiger partial charge in [0.1, 0.15) is 0 Å². The zero-order chi connectivity index (χ0) is 13.8. The van der Waals surface area contributed by atoms with Gasteiger partial charge in [0, 0.05) is 12.6 Å². The second-order valence-corrected chi connectivity index (χ2v) is 5.67. The molecular formula is C14H27NO3. The van der Waals surface area contributed by atoms with E-state index in [4.69, 9.17) is 4.74 Å². The van der Waals surface area contributed by atoms with Gasteiger partial charge in [-0.05, 0) is 39.5 Å². The van der Waals surface area contributed by atoms with Crippen molar-refractivity contribution in [3.8, 4) is 0 Å². The second-order valence-electron chi connectivity index (χ2n) is 5.67. The second kappa shape index (κ2) is 6.53. The van der Waals surface area contributed by atoms with Crippen LogP contribution in [0.4, 0.5) is 0 Å². The van der Waals surface area contributed by atoms with Gasteiger partial charge in [-0.15, -0.1) is 0 Å². The Balaban J connectivity index is 2.30. The number of rotatable bonds is 8. The number of aliphatic hydroxyl groups is 1. The summed E-state index contributed by atoms with van der Waals surface area (Å²) in [5.74, 6) is -0.115. The maximum absolute atomic E-state index is 11.9. The lowest BCUT2D eigenvalue weighted by atomic mass is 9.95. The Bertz CT molecular complexity index is 274. The van der Waals surface area contributed by atoms with Crippen LogP contribution in [-0.4, -0.2) is 35.4 Å². The molecular weight excluding hydrogens is 230 g/mol. The molecule has 4 atom stereocenters. The van der Waals surface area contributed by atoms with Crippen molar-refractivity contribution in [1.82, 2.24) is 5.32 Å². The molecule has 1 fully saturated rings. The molecule has 4 unspecified atom stereocenters. The molecule has 0 aromatic rings. The number of hydrogen-bond acceptors (Lipinski definition) is 4. The van der Waals surface area contributed by atoms with Gasteiger partial charge in [0.05, 0.1) is 17.6 Å². The number of nitrogens with one attached hydrogen (secondary N) is 1. The fourth-order valence-electron chi connectivity index (χ4n) is 2.00. The van der Waals surface area contributed by atoms with E-state index in [1.807, 2.05) is 27.7 Å². The zero-order valence-corrected chi connectivity index (χ0v) is 12.0.